The number of hydrogen-bond donors (Lipinski definition) is 0. The van der Waals surface area contributed by atoms with Gasteiger partial charge in [0.15, 0.2) is 0 Å². The zero-order valence-corrected chi connectivity index (χ0v) is 3.02. The molecule has 0 spiro atoms. The molecule has 0 aliphatic rings. The molecule has 0 radical (unpaired) electrons. The number of carboxylic acid groups (broad SMARTS) is 1. The molecule has 0 fully saturated rings. The maximum absolute atomic E-state index is 9.07. The van der Waals surface area contributed by atoms with Crippen LogP contribution in [0.3, 0.4) is 0 Å². The SMILES string of the molecule is [2H]CC(=O)[O-].[Li+]. The molecule has 0 heterocycles. The number of carbonyl (C=O) groups is 1. The zero-order chi connectivity index (χ0) is 4.28. The van der Waals surface area contributed by atoms with E-state index in [1.807, 2.05) is 0 Å². The van der Waals surface area contributed by atoms with Crippen molar-refractivity contribution < 1.29 is 30.1 Å². The average Bonchev–Trinajstić information content (AvgIpc) is 1.38. The summed E-state index contributed by atoms with van der Waals surface area (Å²) in [5.74, 6) is -1.33. The van der Waals surface area contributed by atoms with Crippen molar-refractivity contribution >= 4 is 5.97 Å². The molecule has 0 aliphatic carbocycles. The second-order valence-electron chi connectivity index (χ2n) is 0.372. The van der Waals surface area contributed by atoms with Crippen LogP contribution in [-0.4, -0.2) is 5.97 Å². The molecule has 0 saturated heterocycles. The summed E-state index contributed by atoms with van der Waals surface area (Å²) in [7, 11) is 0. The van der Waals surface area contributed by atoms with Crippen molar-refractivity contribution in [1.29, 1.82) is 0 Å². The standard InChI is InChI=1S/C2H4O2.Li/c1-2(3)4;/h1H3,(H,3,4);/q;+1/p-1/i1D;. The summed E-state index contributed by atoms with van der Waals surface area (Å²) in [6.45, 7) is -0.639. The van der Waals surface area contributed by atoms with Gasteiger partial charge in [0, 0.05) is 7.34 Å². The van der Waals surface area contributed by atoms with E-state index in [1.165, 1.54) is 0 Å². The molecule has 3 heteroatoms. The molecule has 0 amide bonds. The van der Waals surface area contributed by atoms with Crippen LogP contribution in [0.2, 0.25) is 0 Å². The van der Waals surface area contributed by atoms with Gasteiger partial charge >= 0.3 is 18.9 Å². The van der Waals surface area contributed by atoms with E-state index in [2.05, 4.69) is 0 Å². The van der Waals surface area contributed by atoms with E-state index in [-0.39, 0.29) is 18.9 Å². The third kappa shape index (κ3) is 3830. The fourth-order valence-electron chi connectivity index (χ4n) is 0. The van der Waals surface area contributed by atoms with Gasteiger partial charge in [-0.15, -0.1) is 0 Å². The maximum Gasteiger partial charge on any atom is 1.00 e. The molecule has 2 nitrogen and oxygen atoms in total. The molecule has 0 atom stereocenters. The van der Waals surface area contributed by atoms with Crippen molar-refractivity contribution in [3.63, 3.8) is 0 Å². The zero-order valence-electron chi connectivity index (χ0n) is 4.02. The quantitative estimate of drug-likeness (QED) is 0.269. The van der Waals surface area contributed by atoms with Crippen LogP contribution < -0.4 is 24.0 Å². The van der Waals surface area contributed by atoms with E-state index in [4.69, 9.17) is 11.3 Å². The summed E-state index contributed by atoms with van der Waals surface area (Å²) in [5.41, 5.74) is 0. The molecule has 0 bridgehead atoms. The van der Waals surface area contributed by atoms with Gasteiger partial charge in [-0.25, -0.2) is 0 Å². The number of carboxylic acids is 1. The Labute approximate surface area is 43.8 Å². The average molecular weight is 67.0 g/mol. The first-order chi connectivity index (χ1) is 2.27. The van der Waals surface area contributed by atoms with Crippen LogP contribution in [0.15, 0.2) is 0 Å². The van der Waals surface area contributed by atoms with E-state index < -0.39 is 12.9 Å². The summed E-state index contributed by atoms with van der Waals surface area (Å²) in [6, 6.07) is 0. The second kappa shape index (κ2) is 4.07. The Morgan fingerprint density at radius 3 is 2.40 bits per heavy atom. The van der Waals surface area contributed by atoms with Gasteiger partial charge in [0.1, 0.15) is 0 Å². The number of aliphatic carboxylic acids is 1. The van der Waals surface area contributed by atoms with Crippen LogP contribution in [-0.2, 0) is 4.79 Å². The first kappa shape index (κ1) is 5.07. The number of rotatable bonds is 0. The van der Waals surface area contributed by atoms with Crippen LogP contribution in [0.5, 0.6) is 0 Å². The van der Waals surface area contributed by atoms with E-state index in [9.17, 15) is 0 Å². The van der Waals surface area contributed by atoms with Gasteiger partial charge in [-0.3, -0.25) is 0 Å². The molecule has 0 aromatic rings. The fourth-order valence-corrected chi connectivity index (χ4v) is 0. The summed E-state index contributed by atoms with van der Waals surface area (Å²) < 4.78 is 6.00. The normalized spacial score (nSPS) is 7.60. The minimum atomic E-state index is -1.33. The first-order valence-corrected chi connectivity index (χ1v) is 0.762. The predicted octanol–water partition coefficient (Wildman–Crippen LogP) is -4.24. The minimum Gasteiger partial charge on any atom is -0.550 e. The molecule has 0 N–H and O–H groups in total. The molecule has 24 valence electrons. The van der Waals surface area contributed by atoms with E-state index >= 15 is 0 Å². The Kier molecular flexibility index (Phi) is 4.12. The monoisotopic (exact) mass is 67.0 g/mol. The van der Waals surface area contributed by atoms with Gasteiger partial charge in [-0.1, -0.05) is 0 Å². The maximum atomic E-state index is 9.07. The molecule has 0 unspecified atom stereocenters. The van der Waals surface area contributed by atoms with Crippen molar-refractivity contribution in [1.82, 2.24) is 0 Å². The summed E-state index contributed by atoms with van der Waals surface area (Å²) in [6.07, 6.45) is 0. The van der Waals surface area contributed by atoms with Gasteiger partial charge in [-0.2, -0.15) is 0 Å². The molecule has 5 heavy (non-hydrogen) atoms. The van der Waals surface area contributed by atoms with Gasteiger partial charge in [0.2, 0.25) is 0 Å². The third-order valence-electron chi connectivity index (χ3n) is 0. The number of hydrogen-bond acceptors (Lipinski definition) is 2. The molecule has 0 rings (SSSR count). The molecule has 0 aromatic heterocycles. The van der Waals surface area contributed by atoms with Crippen molar-refractivity contribution in [2.45, 2.75) is 6.90 Å². The topological polar surface area (TPSA) is 40.1 Å². The Morgan fingerprint density at radius 1 is 2.20 bits per heavy atom. The fraction of sp³-hybridized carbons (Fsp3) is 0.500. The smallest absolute Gasteiger partial charge is 0.550 e. The van der Waals surface area contributed by atoms with Crippen LogP contribution in [0, 0.1) is 0 Å². The Morgan fingerprint density at radius 2 is 2.40 bits per heavy atom. The Bertz CT molecular complexity index is 46.8. The van der Waals surface area contributed by atoms with Crippen LogP contribution in [0.25, 0.3) is 0 Å². The largest absolute Gasteiger partial charge is 1.00 e. The van der Waals surface area contributed by atoms with Gasteiger partial charge < -0.3 is 9.90 Å². The molecular formula is C2H3LiO2. The summed E-state index contributed by atoms with van der Waals surface area (Å²) in [5, 5.41) is 9.07. The van der Waals surface area contributed by atoms with Crippen LogP contribution in [0.4, 0.5) is 0 Å². The Hall–Kier alpha value is 0.0674. The molecule has 0 aromatic carbocycles. The molecular weight excluding hydrogens is 63.0 g/mol. The van der Waals surface area contributed by atoms with E-state index in [0.717, 1.165) is 0 Å². The van der Waals surface area contributed by atoms with Crippen molar-refractivity contribution in [2.75, 3.05) is 0 Å². The second-order valence-corrected chi connectivity index (χ2v) is 0.372. The summed E-state index contributed by atoms with van der Waals surface area (Å²) in [4.78, 5) is 9.07. The van der Waals surface area contributed by atoms with Crippen molar-refractivity contribution in [2.24, 2.45) is 0 Å². The Balaban J connectivity index is 0. The van der Waals surface area contributed by atoms with Gasteiger partial charge in [0.25, 0.3) is 0 Å². The van der Waals surface area contributed by atoms with E-state index in [0.29, 0.717) is 0 Å². The molecule has 0 saturated carbocycles. The molecule has 0 aliphatic heterocycles. The van der Waals surface area contributed by atoms with Crippen LogP contribution >= 0.6 is 0 Å². The van der Waals surface area contributed by atoms with Gasteiger partial charge in [0.05, 0.1) is 0 Å². The van der Waals surface area contributed by atoms with Crippen LogP contribution in [0.1, 0.15) is 8.27 Å². The van der Waals surface area contributed by atoms with Crippen molar-refractivity contribution in [3.8, 4) is 0 Å². The van der Waals surface area contributed by atoms with Gasteiger partial charge in [-0.05, 0) is 6.90 Å². The third-order valence-corrected chi connectivity index (χ3v) is 0. The minimum absolute atomic E-state index is 0. The summed E-state index contributed by atoms with van der Waals surface area (Å²) >= 11 is 0. The van der Waals surface area contributed by atoms with E-state index in [1.54, 1.807) is 0 Å². The van der Waals surface area contributed by atoms with Crippen molar-refractivity contribution in [3.05, 3.63) is 0 Å². The predicted molar refractivity (Wildman–Crippen MR) is 10.7 cm³/mol. The first-order valence-electron chi connectivity index (χ1n) is 1.47. The number of carbonyl (C=O) groups excluding carboxylic acids is 1.